The third-order valence-electron chi connectivity index (χ3n) is 5.66. The van der Waals surface area contributed by atoms with Gasteiger partial charge in [0.25, 0.3) is 0 Å². The highest BCUT2D eigenvalue weighted by atomic mass is 19.1. The zero-order valence-corrected chi connectivity index (χ0v) is 16.2. The highest BCUT2D eigenvalue weighted by Gasteiger charge is 2.40. The molecular weight excluding hydrogens is 398 g/mol. The number of hydrogen-bond donors (Lipinski definition) is 1. The first-order valence-electron chi connectivity index (χ1n) is 9.86. The van der Waals surface area contributed by atoms with Gasteiger partial charge in [0.2, 0.25) is 5.95 Å². The van der Waals surface area contributed by atoms with Crippen molar-refractivity contribution in [1.82, 2.24) is 14.8 Å². The summed E-state index contributed by atoms with van der Waals surface area (Å²) < 4.78 is 36.0. The van der Waals surface area contributed by atoms with E-state index < -0.39 is 12.1 Å². The van der Waals surface area contributed by atoms with E-state index in [0.717, 1.165) is 22.4 Å². The van der Waals surface area contributed by atoms with Crippen molar-refractivity contribution >= 4 is 11.6 Å². The van der Waals surface area contributed by atoms with Crippen molar-refractivity contribution in [3.63, 3.8) is 0 Å². The Morgan fingerprint density at radius 1 is 0.871 bits per heavy atom. The molecule has 7 heteroatoms. The molecule has 2 atom stereocenters. The summed E-state index contributed by atoms with van der Waals surface area (Å²) in [7, 11) is 0. The number of aromatic nitrogens is 3. The number of benzene rings is 3. The lowest BCUT2D eigenvalue weighted by Crippen LogP contribution is -2.32. The third-order valence-corrected chi connectivity index (χ3v) is 5.66. The monoisotopic (exact) mass is 414 g/mol. The van der Waals surface area contributed by atoms with Crippen LogP contribution in [0.2, 0.25) is 0 Å². The number of rotatable bonds is 2. The van der Waals surface area contributed by atoms with E-state index in [-0.39, 0.29) is 11.6 Å². The van der Waals surface area contributed by atoms with Crippen LogP contribution in [0, 0.1) is 11.6 Å². The van der Waals surface area contributed by atoms with Crippen molar-refractivity contribution in [2.24, 2.45) is 0 Å². The Labute approximate surface area is 176 Å². The minimum atomic E-state index is -0.569. The Bertz CT molecular complexity index is 1330. The molecule has 1 N–H and O–H groups in total. The molecule has 6 rings (SSSR count). The average molecular weight is 414 g/mol. The molecule has 152 valence electrons. The Hall–Kier alpha value is -4.00. The van der Waals surface area contributed by atoms with Crippen LogP contribution in [0.25, 0.3) is 5.70 Å². The molecule has 0 radical (unpaired) electrons. The fourth-order valence-electron chi connectivity index (χ4n) is 4.33. The number of nitrogens with zero attached hydrogens (tertiary/aromatic N) is 3. The van der Waals surface area contributed by atoms with Gasteiger partial charge in [0.15, 0.2) is 0 Å². The molecule has 0 amide bonds. The molecule has 0 aliphatic carbocycles. The summed E-state index contributed by atoms with van der Waals surface area (Å²) in [6.45, 7) is 0. The Morgan fingerprint density at radius 3 is 2.55 bits per heavy atom. The van der Waals surface area contributed by atoms with Gasteiger partial charge >= 0.3 is 0 Å². The highest BCUT2D eigenvalue weighted by Crippen LogP contribution is 2.50. The van der Waals surface area contributed by atoms with Crippen molar-refractivity contribution < 1.29 is 13.5 Å². The van der Waals surface area contributed by atoms with E-state index in [1.165, 1.54) is 30.6 Å². The maximum Gasteiger partial charge on any atom is 0.226 e. The standard InChI is InChI=1S/C24H16F2N4O/c25-16-10-8-14(9-11-16)22-20-21(29-24-27-13-28-30(22)24)18-6-1-2-7-19(18)31-23(20)15-4-3-5-17(26)12-15/h1-13,22-23H,(H,27,28,29)/t22-,23+/m1/s1. The number of fused-ring (bicyclic) bond motifs is 3. The van der Waals surface area contributed by atoms with Crippen molar-refractivity contribution in [2.45, 2.75) is 12.1 Å². The number of nitrogens with one attached hydrogen (secondary N) is 1. The van der Waals surface area contributed by atoms with Gasteiger partial charge in [0, 0.05) is 11.1 Å². The second-order valence-corrected chi connectivity index (χ2v) is 7.49. The van der Waals surface area contributed by atoms with Gasteiger partial charge in [0.1, 0.15) is 35.9 Å². The summed E-state index contributed by atoms with van der Waals surface area (Å²) >= 11 is 0. The number of para-hydroxylation sites is 1. The second kappa shape index (κ2) is 6.77. The zero-order chi connectivity index (χ0) is 20.9. The van der Waals surface area contributed by atoms with E-state index in [1.807, 2.05) is 30.3 Å². The van der Waals surface area contributed by atoms with Crippen LogP contribution >= 0.6 is 0 Å². The second-order valence-electron chi connectivity index (χ2n) is 7.49. The van der Waals surface area contributed by atoms with Crippen molar-refractivity contribution in [3.05, 3.63) is 113 Å². The summed E-state index contributed by atoms with van der Waals surface area (Å²) in [6, 6.07) is 20.0. The molecule has 2 aliphatic rings. The van der Waals surface area contributed by atoms with E-state index in [2.05, 4.69) is 15.4 Å². The van der Waals surface area contributed by atoms with Gasteiger partial charge in [-0.3, -0.25) is 0 Å². The lowest BCUT2D eigenvalue weighted by Gasteiger charge is -2.39. The normalized spacial score (nSPS) is 19.0. The van der Waals surface area contributed by atoms with Crippen molar-refractivity contribution in [2.75, 3.05) is 5.32 Å². The molecule has 5 nitrogen and oxygen atoms in total. The first kappa shape index (κ1) is 17.8. The zero-order valence-electron chi connectivity index (χ0n) is 16.2. The average Bonchev–Trinajstić information content (AvgIpc) is 3.26. The molecule has 1 aromatic heterocycles. The molecule has 31 heavy (non-hydrogen) atoms. The molecular formula is C24H16F2N4O. The molecule has 4 aromatic rings. The lowest BCUT2D eigenvalue weighted by atomic mass is 9.84. The van der Waals surface area contributed by atoms with Crippen LogP contribution in [0.4, 0.5) is 14.7 Å². The SMILES string of the molecule is Fc1ccc([C@@H]2C3=C(Nc4ncnn42)c2ccccc2O[C@H]3c2cccc(F)c2)cc1. The number of ether oxygens (including phenoxy) is 1. The van der Waals surface area contributed by atoms with E-state index in [1.54, 1.807) is 22.9 Å². The summed E-state index contributed by atoms with van der Waals surface area (Å²) in [5, 5.41) is 7.80. The van der Waals surface area contributed by atoms with Crippen molar-refractivity contribution in [3.8, 4) is 5.75 Å². The van der Waals surface area contributed by atoms with Crippen LogP contribution in [-0.4, -0.2) is 14.8 Å². The number of hydrogen-bond acceptors (Lipinski definition) is 4. The van der Waals surface area contributed by atoms with Crippen LogP contribution < -0.4 is 10.1 Å². The molecule has 0 fully saturated rings. The molecule has 3 aromatic carbocycles. The van der Waals surface area contributed by atoms with Crippen LogP contribution in [0.5, 0.6) is 5.75 Å². The fourth-order valence-corrected chi connectivity index (χ4v) is 4.33. The summed E-state index contributed by atoms with van der Waals surface area (Å²) in [6.07, 6.45) is 0.904. The third kappa shape index (κ3) is 2.81. The fraction of sp³-hybridized carbons (Fsp3) is 0.0833. The number of anilines is 1. The van der Waals surface area contributed by atoms with Gasteiger partial charge < -0.3 is 10.1 Å². The van der Waals surface area contributed by atoms with Gasteiger partial charge in [-0.2, -0.15) is 10.1 Å². The van der Waals surface area contributed by atoms with Gasteiger partial charge in [-0.1, -0.05) is 36.4 Å². The summed E-state index contributed by atoms with van der Waals surface area (Å²) in [5.74, 6) is 0.597. The van der Waals surface area contributed by atoms with E-state index in [9.17, 15) is 8.78 Å². The molecule has 0 unspecified atom stereocenters. The van der Waals surface area contributed by atoms with Crippen molar-refractivity contribution in [1.29, 1.82) is 0 Å². The topological polar surface area (TPSA) is 52.0 Å². The Morgan fingerprint density at radius 2 is 1.71 bits per heavy atom. The number of halogens is 2. The molecule has 0 spiro atoms. The van der Waals surface area contributed by atoms with Crippen LogP contribution in [-0.2, 0) is 0 Å². The van der Waals surface area contributed by atoms with Gasteiger partial charge in [-0.05, 0) is 47.5 Å². The molecule has 2 aliphatic heterocycles. The first-order valence-corrected chi connectivity index (χ1v) is 9.86. The quantitative estimate of drug-likeness (QED) is 0.495. The summed E-state index contributed by atoms with van der Waals surface area (Å²) in [4.78, 5) is 4.36. The molecule has 0 saturated heterocycles. The van der Waals surface area contributed by atoms with Gasteiger partial charge in [-0.25, -0.2) is 13.5 Å². The Kier molecular flexibility index (Phi) is 3.89. The minimum Gasteiger partial charge on any atom is -0.480 e. The molecule has 0 saturated carbocycles. The first-order chi connectivity index (χ1) is 15.2. The van der Waals surface area contributed by atoms with E-state index in [4.69, 9.17) is 4.74 Å². The van der Waals surface area contributed by atoms with E-state index >= 15 is 0 Å². The van der Waals surface area contributed by atoms with E-state index in [0.29, 0.717) is 17.3 Å². The smallest absolute Gasteiger partial charge is 0.226 e. The maximum absolute atomic E-state index is 14.1. The minimum absolute atomic E-state index is 0.322. The lowest BCUT2D eigenvalue weighted by molar-refractivity contribution is 0.222. The van der Waals surface area contributed by atoms with Gasteiger partial charge in [0.05, 0.1) is 5.70 Å². The predicted molar refractivity (Wildman–Crippen MR) is 111 cm³/mol. The van der Waals surface area contributed by atoms with Crippen LogP contribution in [0.3, 0.4) is 0 Å². The summed E-state index contributed by atoms with van der Waals surface area (Å²) in [5.41, 5.74) is 4.08. The largest absolute Gasteiger partial charge is 0.480 e. The molecule has 3 heterocycles. The van der Waals surface area contributed by atoms with Crippen LogP contribution in [0.15, 0.2) is 84.7 Å². The predicted octanol–water partition coefficient (Wildman–Crippen LogP) is 5.12. The maximum atomic E-state index is 14.1. The van der Waals surface area contributed by atoms with Gasteiger partial charge in [-0.15, -0.1) is 0 Å². The van der Waals surface area contributed by atoms with Crippen LogP contribution in [0.1, 0.15) is 28.8 Å². The molecule has 0 bridgehead atoms. The highest BCUT2D eigenvalue weighted by molar-refractivity contribution is 5.85. The Balaban J connectivity index is 1.63.